The zero-order valence-corrected chi connectivity index (χ0v) is 14.2. The molecule has 0 aromatic carbocycles. The summed E-state index contributed by atoms with van der Waals surface area (Å²) in [4.78, 5) is 27.8. The molecule has 0 saturated carbocycles. The molecule has 0 spiro atoms. The third-order valence-corrected chi connectivity index (χ3v) is 3.74. The molecule has 0 unspecified atom stereocenters. The van der Waals surface area contributed by atoms with E-state index in [0.717, 1.165) is 6.20 Å². The third kappa shape index (κ3) is 3.42. The Hall–Kier alpha value is -3.03. The van der Waals surface area contributed by atoms with E-state index >= 15 is 0 Å². The first-order chi connectivity index (χ1) is 11.9. The van der Waals surface area contributed by atoms with Gasteiger partial charge in [-0.15, -0.1) is 0 Å². The summed E-state index contributed by atoms with van der Waals surface area (Å²) in [5, 5.41) is 6.48. The molecule has 3 rings (SSSR count). The van der Waals surface area contributed by atoms with Gasteiger partial charge in [-0.2, -0.15) is 0 Å². The lowest BCUT2D eigenvalue weighted by molar-refractivity contribution is -0.124. The van der Waals surface area contributed by atoms with Gasteiger partial charge in [-0.05, 0) is 32.9 Å². The van der Waals surface area contributed by atoms with Crippen molar-refractivity contribution in [3.63, 3.8) is 0 Å². The van der Waals surface area contributed by atoms with Crippen LogP contribution >= 0.6 is 0 Å². The second-order valence-electron chi connectivity index (χ2n) is 6.13. The Bertz CT molecular complexity index is 931. The lowest BCUT2D eigenvalue weighted by Gasteiger charge is -2.25. The third-order valence-electron chi connectivity index (χ3n) is 3.74. The lowest BCUT2D eigenvalue weighted by Crippen LogP contribution is -2.48. The predicted octanol–water partition coefficient (Wildman–Crippen LogP) is 2.98. The fourth-order valence-corrected chi connectivity index (χ4v) is 2.48. The van der Waals surface area contributed by atoms with Gasteiger partial charge in [-0.3, -0.25) is 4.79 Å². The van der Waals surface area contributed by atoms with Crippen LogP contribution < -0.4 is 10.6 Å². The highest BCUT2D eigenvalue weighted by atomic mass is 19.1. The summed E-state index contributed by atoms with van der Waals surface area (Å²) < 4.78 is 13.5. The number of aromatic nitrogens is 4. The highest BCUT2D eigenvalue weighted by molar-refractivity contribution is 5.92. The Morgan fingerprint density at radius 3 is 2.96 bits per heavy atom. The lowest BCUT2D eigenvalue weighted by atomic mass is 10.0. The first-order valence-corrected chi connectivity index (χ1v) is 7.93. The Labute approximate surface area is 147 Å². The van der Waals surface area contributed by atoms with E-state index in [0.29, 0.717) is 34.8 Å². The zero-order chi connectivity index (χ0) is 18.0. The molecule has 0 saturated heterocycles. The van der Waals surface area contributed by atoms with Crippen molar-refractivity contribution >= 4 is 22.8 Å². The molecular formula is C17H23FN6O. The maximum Gasteiger partial charge on any atom is 0.245 e. The van der Waals surface area contributed by atoms with Gasteiger partial charge in [0, 0.05) is 32.7 Å². The monoisotopic (exact) mass is 346 g/mol. The van der Waals surface area contributed by atoms with E-state index in [1.165, 1.54) is 6.07 Å². The number of hydrogen-bond donors (Lipinski definition) is 3. The molecule has 3 heterocycles. The molecule has 7 nitrogen and oxygen atoms in total. The van der Waals surface area contributed by atoms with Gasteiger partial charge in [0.1, 0.15) is 22.8 Å². The molecule has 8 heteroatoms. The number of amides is 1. The van der Waals surface area contributed by atoms with E-state index in [9.17, 15) is 9.18 Å². The fraction of sp³-hybridized carbons (Fsp3) is 0.294. The average molecular weight is 346 g/mol. The standard InChI is InChI=1S/C17H19FN6O.2H2/c1-4-19-16(25)17(2,3)24-13-5-6-20-15(23-13)12-9-22-14-11(12)7-10(18)8-21-14;;/h5-9H,4H2,1-3H3,(H,19,25)(H,21,22)(H,20,23,24);2*1H. The minimum atomic E-state index is -0.838. The van der Waals surface area contributed by atoms with Crippen LogP contribution in [0.15, 0.2) is 30.7 Å². The molecule has 3 aromatic rings. The molecule has 0 aliphatic rings. The SMILES string of the molecule is CCNC(=O)C(C)(C)Nc1ccnc(-c2c[nH]c3ncc(F)cc23)n1.[HH].[HH]. The Balaban J connectivity index is 0.00000182. The summed E-state index contributed by atoms with van der Waals surface area (Å²) in [7, 11) is 0. The van der Waals surface area contributed by atoms with Gasteiger partial charge >= 0.3 is 0 Å². The van der Waals surface area contributed by atoms with Crippen LogP contribution in [0.5, 0.6) is 0 Å². The number of carbonyl (C=O) groups is 1. The molecule has 0 radical (unpaired) electrons. The first-order valence-electron chi connectivity index (χ1n) is 7.93. The number of H-pyrrole nitrogens is 1. The Morgan fingerprint density at radius 2 is 2.20 bits per heavy atom. The normalized spacial score (nSPS) is 11.5. The molecule has 0 bridgehead atoms. The molecule has 0 aliphatic carbocycles. The van der Waals surface area contributed by atoms with Crippen molar-refractivity contribution in [2.24, 2.45) is 0 Å². The second-order valence-corrected chi connectivity index (χ2v) is 6.13. The molecule has 1 amide bonds. The average Bonchev–Trinajstić information content (AvgIpc) is 2.98. The number of carbonyl (C=O) groups excluding carboxylic acids is 1. The van der Waals surface area contributed by atoms with E-state index in [-0.39, 0.29) is 8.76 Å². The molecule has 0 atom stereocenters. The van der Waals surface area contributed by atoms with Gasteiger partial charge in [-0.1, -0.05) is 0 Å². The van der Waals surface area contributed by atoms with Crippen molar-refractivity contribution in [2.75, 3.05) is 11.9 Å². The smallest absolute Gasteiger partial charge is 0.245 e. The van der Waals surface area contributed by atoms with Crippen LogP contribution in [0.1, 0.15) is 23.6 Å². The van der Waals surface area contributed by atoms with Crippen LogP contribution in [-0.4, -0.2) is 37.9 Å². The van der Waals surface area contributed by atoms with Gasteiger partial charge in [0.15, 0.2) is 5.82 Å². The number of rotatable bonds is 5. The van der Waals surface area contributed by atoms with Crippen LogP contribution in [0.2, 0.25) is 0 Å². The predicted molar refractivity (Wildman–Crippen MR) is 97.7 cm³/mol. The number of halogens is 1. The van der Waals surface area contributed by atoms with Gasteiger partial charge in [0.05, 0.1) is 6.20 Å². The molecule has 0 fully saturated rings. The number of pyridine rings is 1. The largest absolute Gasteiger partial charge is 0.356 e. The highest BCUT2D eigenvalue weighted by Crippen LogP contribution is 2.26. The molecule has 25 heavy (non-hydrogen) atoms. The van der Waals surface area contributed by atoms with Crippen LogP contribution in [0.25, 0.3) is 22.4 Å². The van der Waals surface area contributed by atoms with Crippen molar-refractivity contribution in [3.8, 4) is 11.4 Å². The molecule has 3 N–H and O–H groups in total. The minimum Gasteiger partial charge on any atom is -0.356 e. The summed E-state index contributed by atoms with van der Waals surface area (Å²) in [6.45, 7) is 5.95. The fourth-order valence-electron chi connectivity index (χ4n) is 2.48. The summed E-state index contributed by atoms with van der Waals surface area (Å²) in [5.41, 5.74) is 0.359. The summed E-state index contributed by atoms with van der Waals surface area (Å²) >= 11 is 0. The number of aromatic amines is 1. The van der Waals surface area contributed by atoms with Gasteiger partial charge < -0.3 is 15.6 Å². The maximum atomic E-state index is 13.5. The van der Waals surface area contributed by atoms with Crippen molar-refractivity contribution in [3.05, 3.63) is 36.5 Å². The van der Waals surface area contributed by atoms with E-state index < -0.39 is 11.4 Å². The van der Waals surface area contributed by atoms with Crippen LogP contribution in [0, 0.1) is 5.82 Å². The number of anilines is 1. The van der Waals surface area contributed by atoms with E-state index in [4.69, 9.17) is 0 Å². The quantitative estimate of drug-likeness (QED) is 0.660. The van der Waals surface area contributed by atoms with Crippen molar-refractivity contribution in [1.29, 1.82) is 0 Å². The summed E-state index contributed by atoms with van der Waals surface area (Å²) in [6, 6.07) is 3.06. The van der Waals surface area contributed by atoms with Gasteiger partial charge in [0.2, 0.25) is 5.91 Å². The number of likely N-dealkylation sites (N-methyl/N-ethyl adjacent to an activating group) is 1. The molecule has 0 aliphatic heterocycles. The first kappa shape index (κ1) is 16.8. The number of nitrogens with zero attached hydrogens (tertiary/aromatic N) is 3. The minimum absolute atomic E-state index is 0. The maximum absolute atomic E-state index is 13.5. The van der Waals surface area contributed by atoms with E-state index in [1.807, 2.05) is 6.92 Å². The van der Waals surface area contributed by atoms with Crippen molar-refractivity contribution < 1.29 is 12.0 Å². The zero-order valence-electron chi connectivity index (χ0n) is 14.2. The van der Waals surface area contributed by atoms with Gasteiger partial charge in [-0.25, -0.2) is 19.3 Å². The number of hydrogen-bond acceptors (Lipinski definition) is 5. The number of fused-ring (bicyclic) bond motifs is 1. The van der Waals surface area contributed by atoms with Crippen LogP contribution in [0.4, 0.5) is 10.2 Å². The van der Waals surface area contributed by atoms with E-state index in [2.05, 4.69) is 30.6 Å². The van der Waals surface area contributed by atoms with Gasteiger partial charge in [0.25, 0.3) is 0 Å². The molecule has 3 aromatic heterocycles. The molecule has 134 valence electrons. The second kappa shape index (κ2) is 6.46. The van der Waals surface area contributed by atoms with Crippen LogP contribution in [0.3, 0.4) is 0 Å². The summed E-state index contributed by atoms with van der Waals surface area (Å²) in [5.74, 6) is 0.351. The van der Waals surface area contributed by atoms with Crippen molar-refractivity contribution in [1.82, 2.24) is 25.3 Å². The summed E-state index contributed by atoms with van der Waals surface area (Å²) in [6.07, 6.45) is 4.42. The highest BCUT2D eigenvalue weighted by Gasteiger charge is 2.27. The Morgan fingerprint density at radius 1 is 1.40 bits per heavy atom. The Kier molecular flexibility index (Phi) is 4.35. The molecular weight excluding hydrogens is 323 g/mol. The van der Waals surface area contributed by atoms with E-state index in [1.54, 1.807) is 32.3 Å². The topological polar surface area (TPSA) is 95.6 Å². The van der Waals surface area contributed by atoms with Crippen LogP contribution in [-0.2, 0) is 4.79 Å². The van der Waals surface area contributed by atoms with Crippen molar-refractivity contribution in [2.45, 2.75) is 26.3 Å². The number of nitrogens with one attached hydrogen (secondary N) is 3.